The number of benzene rings is 2. The number of ether oxygens (including phenoxy) is 1. The zero-order valence-electron chi connectivity index (χ0n) is 19.5. The Morgan fingerprint density at radius 3 is 2.37 bits per heavy atom. The van der Waals surface area contributed by atoms with Gasteiger partial charge in [0.15, 0.2) is 6.61 Å². The van der Waals surface area contributed by atoms with Crippen LogP contribution in [-0.4, -0.2) is 41.9 Å². The number of carbonyl (C=O) groups is 2. The monoisotopic (exact) mass is 518 g/mol. The largest absolute Gasteiger partial charge is 0.484 e. The molecule has 5 nitrogen and oxygen atoms in total. The van der Waals surface area contributed by atoms with Gasteiger partial charge in [-0.05, 0) is 74.8 Å². The molecular formula is C27H29Cl2FN2O3. The first kappa shape index (κ1) is 24.4. The van der Waals surface area contributed by atoms with Crippen LogP contribution in [-0.2, 0) is 9.59 Å². The van der Waals surface area contributed by atoms with Crippen LogP contribution in [0.25, 0.3) is 0 Å². The first-order valence-electron chi connectivity index (χ1n) is 12.2. The van der Waals surface area contributed by atoms with E-state index in [1.54, 1.807) is 0 Å². The van der Waals surface area contributed by atoms with E-state index in [-0.39, 0.29) is 40.1 Å². The van der Waals surface area contributed by atoms with E-state index in [1.807, 2.05) is 12.1 Å². The quantitative estimate of drug-likeness (QED) is 0.530. The van der Waals surface area contributed by atoms with E-state index < -0.39 is 5.82 Å². The number of carbonyl (C=O) groups excluding carboxylic acids is 2. The summed E-state index contributed by atoms with van der Waals surface area (Å²) >= 11 is 11.7. The molecule has 3 saturated carbocycles. The molecule has 1 N–H and O–H groups in total. The molecule has 4 fully saturated rings. The number of nitrogens with zero attached hydrogens (tertiary/aromatic N) is 1. The molecule has 1 heterocycles. The van der Waals surface area contributed by atoms with Crippen LogP contribution in [0.2, 0.25) is 10.0 Å². The molecule has 8 heteroatoms. The summed E-state index contributed by atoms with van der Waals surface area (Å²) in [5, 5.41) is 3.89. The smallest absolute Gasteiger partial charge is 0.258 e. The summed E-state index contributed by atoms with van der Waals surface area (Å²) in [6.07, 6.45) is 5.70. The topological polar surface area (TPSA) is 58.6 Å². The van der Waals surface area contributed by atoms with Gasteiger partial charge in [0.05, 0.1) is 5.02 Å². The van der Waals surface area contributed by atoms with Crippen molar-refractivity contribution >= 4 is 35.0 Å². The van der Waals surface area contributed by atoms with Crippen molar-refractivity contribution in [3.8, 4) is 5.75 Å². The van der Waals surface area contributed by atoms with Gasteiger partial charge in [0.1, 0.15) is 11.6 Å². The summed E-state index contributed by atoms with van der Waals surface area (Å²) in [4.78, 5) is 28.2. The Hall–Kier alpha value is -2.31. The Morgan fingerprint density at radius 2 is 1.71 bits per heavy atom. The van der Waals surface area contributed by atoms with Crippen molar-refractivity contribution in [3.05, 3.63) is 63.9 Å². The lowest BCUT2D eigenvalue weighted by molar-refractivity contribution is -0.149. The van der Waals surface area contributed by atoms with Gasteiger partial charge in [-0.25, -0.2) is 4.39 Å². The highest BCUT2D eigenvalue weighted by Gasteiger charge is 2.54. The fourth-order valence-corrected chi connectivity index (χ4v) is 6.27. The number of halogens is 3. The van der Waals surface area contributed by atoms with Gasteiger partial charge in [0, 0.05) is 41.1 Å². The van der Waals surface area contributed by atoms with Gasteiger partial charge in [-0.3, -0.25) is 9.59 Å². The first-order valence-corrected chi connectivity index (χ1v) is 13.0. The molecule has 4 aliphatic rings. The third kappa shape index (κ3) is 5.01. The van der Waals surface area contributed by atoms with Crippen molar-refractivity contribution < 1.29 is 18.7 Å². The lowest BCUT2D eigenvalue weighted by Crippen LogP contribution is -2.60. The second-order valence-electron chi connectivity index (χ2n) is 10.3. The number of rotatable bonds is 6. The Kier molecular flexibility index (Phi) is 6.71. The van der Waals surface area contributed by atoms with Crippen molar-refractivity contribution in [1.82, 2.24) is 10.2 Å². The molecule has 2 aromatic rings. The minimum atomic E-state index is -0.582. The second kappa shape index (κ2) is 9.62. The van der Waals surface area contributed by atoms with Crippen LogP contribution in [0.1, 0.15) is 56.4 Å². The molecule has 1 saturated heterocycles. The standard InChI is InChI=1S/C27H29Cl2FN2O3/c28-20-3-1-18(2-4-20)19-7-14-32(16-19)25(34)26-8-11-27(12-9-26,13-10-26)31-24(33)17-35-21-5-6-22(29)23(30)15-21/h1-6,15,19H,7-14,16-17H2,(H,31,33)/t19-,26?,27?/m0/s1. The average Bonchev–Trinajstić information content (AvgIpc) is 3.36. The zero-order valence-corrected chi connectivity index (χ0v) is 21.0. The Morgan fingerprint density at radius 1 is 1.03 bits per heavy atom. The maximum absolute atomic E-state index is 13.6. The predicted octanol–water partition coefficient (Wildman–Crippen LogP) is 5.74. The molecule has 6 rings (SSSR count). The van der Waals surface area contributed by atoms with Gasteiger partial charge in [-0.2, -0.15) is 0 Å². The van der Waals surface area contributed by atoms with E-state index in [9.17, 15) is 14.0 Å². The van der Waals surface area contributed by atoms with Crippen molar-refractivity contribution in [2.45, 2.75) is 56.4 Å². The van der Waals surface area contributed by atoms with E-state index in [4.69, 9.17) is 27.9 Å². The van der Waals surface area contributed by atoms with Gasteiger partial charge >= 0.3 is 0 Å². The molecule has 186 valence electrons. The number of amides is 2. The maximum Gasteiger partial charge on any atom is 0.258 e. The molecule has 0 spiro atoms. The number of hydrogen-bond acceptors (Lipinski definition) is 3. The fraction of sp³-hybridized carbons (Fsp3) is 0.481. The van der Waals surface area contributed by atoms with Gasteiger partial charge in [-0.1, -0.05) is 35.3 Å². The first-order chi connectivity index (χ1) is 16.8. The van der Waals surface area contributed by atoms with Crippen LogP contribution in [0.15, 0.2) is 42.5 Å². The third-order valence-electron chi connectivity index (χ3n) is 8.18. The van der Waals surface area contributed by atoms with Crippen LogP contribution < -0.4 is 10.1 Å². The van der Waals surface area contributed by atoms with Gasteiger partial charge < -0.3 is 15.0 Å². The highest BCUT2D eigenvalue weighted by atomic mass is 35.5. The van der Waals surface area contributed by atoms with Crippen LogP contribution in [0.5, 0.6) is 5.75 Å². The SMILES string of the molecule is O=C(COc1ccc(Cl)c(F)c1)NC12CCC(C(=O)N3CC[C@H](c4ccc(Cl)cc4)C3)(CC1)CC2. The fourth-order valence-electron chi connectivity index (χ4n) is 6.03. The molecule has 1 aliphatic heterocycles. The van der Waals surface area contributed by atoms with Crippen LogP contribution in [0.3, 0.4) is 0 Å². The summed E-state index contributed by atoms with van der Waals surface area (Å²) in [7, 11) is 0. The molecule has 0 aromatic heterocycles. The number of nitrogens with one attached hydrogen (secondary N) is 1. The minimum Gasteiger partial charge on any atom is -0.484 e. The van der Waals surface area contributed by atoms with E-state index >= 15 is 0 Å². The molecule has 35 heavy (non-hydrogen) atoms. The normalized spacial score (nSPS) is 27.6. The Bertz CT molecular complexity index is 1100. The summed E-state index contributed by atoms with van der Waals surface area (Å²) in [6, 6.07) is 12.1. The summed E-state index contributed by atoms with van der Waals surface area (Å²) in [5.41, 5.74) is 0.642. The Labute approximate surface area is 214 Å². The summed E-state index contributed by atoms with van der Waals surface area (Å²) < 4.78 is 19.0. The van der Waals surface area contributed by atoms with Crippen LogP contribution in [0.4, 0.5) is 4.39 Å². The lowest BCUT2D eigenvalue weighted by Gasteiger charge is -2.53. The molecule has 0 radical (unpaired) electrons. The maximum atomic E-state index is 13.6. The van der Waals surface area contributed by atoms with E-state index in [2.05, 4.69) is 22.3 Å². The summed E-state index contributed by atoms with van der Waals surface area (Å²) in [5.74, 6) is 0.0839. The third-order valence-corrected chi connectivity index (χ3v) is 8.74. The molecule has 2 amide bonds. The van der Waals surface area contributed by atoms with Gasteiger partial charge in [0.2, 0.25) is 5.91 Å². The van der Waals surface area contributed by atoms with Crippen LogP contribution in [0, 0.1) is 11.2 Å². The number of hydrogen-bond donors (Lipinski definition) is 1. The van der Waals surface area contributed by atoms with E-state index in [0.29, 0.717) is 5.92 Å². The lowest BCUT2D eigenvalue weighted by atomic mass is 9.56. The van der Waals surface area contributed by atoms with E-state index in [0.717, 1.165) is 63.1 Å². The average molecular weight is 519 g/mol. The van der Waals surface area contributed by atoms with Crippen LogP contribution >= 0.6 is 23.2 Å². The highest BCUT2D eigenvalue weighted by molar-refractivity contribution is 6.30. The molecule has 0 unspecified atom stereocenters. The van der Waals surface area contributed by atoms with Crippen molar-refractivity contribution in [2.75, 3.05) is 19.7 Å². The van der Waals surface area contributed by atoms with Crippen molar-refractivity contribution in [1.29, 1.82) is 0 Å². The minimum absolute atomic E-state index is 0.0116. The van der Waals surface area contributed by atoms with Gasteiger partial charge in [-0.15, -0.1) is 0 Å². The van der Waals surface area contributed by atoms with Crippen molar-refractivity contribution in [2.24, 2.45) is 5.41 Å². The molecular weight excluding hydrogens is 490 g/mol. The molecule has 3 aliphatic carbocycles. The highest BCUT2D eigenvalue weighted by Crippen LogP contribution is 2.53. The van der Waals surface area contributed by atoms with E-state index in [1.165, 1.54) is 23.8 Å². The second-order valence-corrected chi connectivity index (χ2v) is 11.1. The number of fused-ring (bicyclic) bond motifs is 3. The van der Waals surface area contributed by atoms with Gasteiger partial charge in [0.25, 0.3) is 5.91 Å². The molecule has 1 atom stereocenters. The molecule has 2 bridgehead atoms. The number of likely N-dealkylation sites (tertiary alicyclic amines) is 1. The van der Waals surface area contributed by atoms with Crippen molar-refractivity contribution in [3.63, 3.8) is 0 Å². The molecule has 2 aromatic carbocycles. The zero-order chi connectivity index (χ0) is 24.6. The summed E-state index contributed by atoms with van der Waals surface area (Å²) in [6.45, 7) is 1.36. The predicted molar refractivity (Wildman–Crippen MR) is 133 cm³/mol. The Balaban J connectivity index is 1.14.